The number of ether oxygens (including phenoxy) is 1. The summed E-state index contributed by atoms with van der Waals surface area (Å²) in [4.78, 5) is 14.3. The second-order valence-corrected chi connectivity index (χ2v) is 6.79. The van der Waals surface area contributed by atoms with E-state index in [-0.39, 0.29) is 23.9 Å². The first-order chi connectivity index (χ1) is 12.6. The van der Waals surface area contributed by atoms with E-state index >= 15 is 0 Å². The third-order valence-electron chi connectivity index (χ3n) is 4.78. The summed E-state index contributed by atoms with van der Waals surface area (Å²) in [7, 11) is 1.66. The first kappa shape index (κ1) is 18.8. The largest absolute Gasteiger partial charge is 0.384 e. The van der Waals surface area contributed by atoms with Crippen LogP contribution in [0.25, 0.3) is 0 Å². The highest BCUT2D eigenvalue weighted by Crippen LogP contribution is 2.25. The Morgan fingerprint density at radius 3 is 2.85 bits per heavy atom. The van der Waals surface area contributed by atoms with Crippen molar-refractivity contribution in [2.75, 3.05) is 26.8 Å². The highest BCUT2D eigenvalue weighted by molar-refractivity contribution is 6.31. The highest BCUT2D eigenvalue weighted by atomic mass is 35.5. The van der Waals surface area contributed by atoms with E-state index in [0.717, 1.165) is 18.7 Å². The maximum absolute atomic E-state index is 13.9. The van der Waals surface area contributed by atoms with Crippen LogP contribution in [0.1, 0.15) is 30.3 Å². The minimum absolute atomic E-state index is 0.0120. The van der Waals surface area contributed by atoms with E-state index in [1.54, 1.807) is 24.4 Å². The van der Waals surface area contributed by atoms with Gasteiger partial charge in [-0.25, -0.2) is 4.39 Å². The second kappa shape index (κ2) is 8.60. The zero-order chi connectivity index (χ0) is 18.5. The molecular formula is C18H22ClFN4O2. The van der Waals surface area contributed by atoms with Gasteiger partial charge in [0.15, 0.2) is 0 Å². The van der Waals surface area contributed by atoms with Crippen molar-refractivity contribution in [1.29, 1.82) is 0 Å². The van der Waals surface area contributed by atoms with Crippen LogP contribution in [0.4, 0.5) is 4.39 Å². The summed E-state index contributed by atoms with van der Waals surface area (Å²) in [6, 6.07) is 4.73. The highest BCUT2D eigenvalue weighted by Gasteiger charge is 2.26. The topological polar surface area (TPSA) is 60.3 Å². The average Bonchev–Trinajstić information content (AvgIpc) is 3.11. The van der Waals surface area contributed by atoms with E-state index in [0.29, 0.717) is 31.1 Å². The van der Waals surface area contributed by atoms with Gasteiger partial charge in [-0.05, 0) is 25.0 Å². The number of hydrogen-bond acceptors (Lipinski definition) is 4. The predicted molar refractivity (Wildman–Crippen MR) is 95.6 cm³/mol. The summed E-state index contributed by atoms with van der Waals surface area (Å²) in [6.45, 7) is 1.84. The Morgan fingerprint density at radius 1 is 1.38 bits per heavy atom. The Kier molecular flexibility index (Phi) is 6.21. The van der Waals surface area contributed by atoms with E-state index < -0.39 is 5.82 Å². The van der Waals surface area contributed by atoms with Crippen LogP contribution in [-0.2, 0) is 22.4 Å². The van der Waals surface area contributed by atoms with Crippen LogP contribution in [0, 0.1) is 5.82 Å². The van der Waals surface area contributed by atoms with Gasteiger partial charge in [0.05, 0.1) is 13.0 Å². The molecule has 1 amide bonds. The summed E-state index contributed by atoms with van der Waals surface area (Å²) in [6.07, 6.45) is 4.07. The minimum atomic E-state index is -0.437. The third kappa shape index (κ3) is 4.22. The fourth-order valence-corrected chi connectivity index (χ4v) is 3.53. The van der Waals surface area contributed by atoms with Gasteiger partial charge < -0.3 is 14.2 Å². The van der Waals surface area contributed by atoms with Gasteiger partial charge in [-0.2, -0.15) is 0 Å². The number of aromatic nitrogens is 3. The van der Waals surface area contributed by atoms with Crippen molar-refractivity contribution in [1.82, 2.24) is 19.7 Å². The lowest BCUT2D eigenvalue weighted by Gasteiger charge is -2.33. The number of rotatable bonds is 6. The van der Waals surface area contributed by atoms with Crippen molar-refractivity contribution >= 4 is 17.5 Å². The first-order valence-corrected chi connectivity index (χ1v) is 9.06. The number of nitrogens with zero attached hydrogens (tertiary/aromatic N) is 4. The van der Waals surface area contributed by atoms with Crippen molar-refractivity contribution in [3.05, 3.63) is 46.8 Å². The molecule has 1 aliphatic rings. The van der Waals surface area contributed by atoms with Gasteiger partial charge in [0.25, 0.3) is 0 Å². The van der Waals surface area contributed by atoms with Crippen molar-refractivity contribution in [3.8, 4) is 0 Å². The molecule has 1 fully saturated rings. The molecular weight excluding hydrogens is 359 g/mol. The lowest BCUT2D eigenvalue weighted by Crippen LogP contribution is -2.40. The maximum Gasteiger partial charge on any atom is 0.227 e. The molecule has 3 rings (SSSR count). The normalized spacial score (nSPS) is 15.4. The summed E-state index contributed by atoms with van der Waals surface area (Å²) in [5.41, 5.74) is 0.266. The van der Waals surface area contributed by atoms with Gasteiger partial charge in [-0.15, -0.1) is 10.2 Å². The molecule has 1 aliphatic heterocycles. The molecule has 1 aromatic heterocycles. The number of hydrogen-bond donors (Lipinski definition) is 0. The average molecular weight is 381 g/mol. The zero-order valence-corrected chi connectivity index (χ0v) is 15.5. The molecule has 8 heteroatoms. The number of benzene rings is 1. The SMILES string of the molecule is COCCc1nncn1C1CCN(C(=O)Cc2c(F)cccc2Cl)CC1. The van der Waals surface area contributed by atoms with E-state index in [2.05, 4.69) is 14.8 Å². The van der Waals surface area contributed by atoms with Gasteiger partial charge in [0.2, 0.25) is 5.91 Å². The molecule has 140 valence electrons. The fourth-order valence-electron chi connectivity index (χ4n) is 3.30. The lowest BCUT2D eigenvalue weighted by atomic mass is 10.0. The lowest BCUT2D eigenvalue weighted by molar-refractivity contribution is -0.131. The molecule has 1 aromatic carbocycles. The Morgan fingerprint density at radius 2 is 2.15 bits per heavy atom. The second-order valence-electron chi connectivity index (χ2n) is 6.39. The Labute approximate surface area is 156 Å². The quantitative estimate of drug-likeness (QED) is 0.773. The van der Waals surface area contributed by atoms with Crippen molar-refractivity contribution in [3.63, 3.8) is 0 Å². The summed E-state index contributed by atoms with van der Waals surface area (Å²) in [5.74, 6) is 0.363. The van der Waals surface area contributed by atoms with Crippen molar-refractivity contribution in [2.45, 2.75) is 31.7 Å². The molecule has 6 nitrogen and oxygen atoms in total. The van der Waals surface area contributed by atoms with Gasteiger partial charge in [0.1, 0.15) is 18.0 Å². The van der Waals surface area contributed by atoms with E-state index in [1.807, 2.05) is 0 Å². The number of amides is 1. The molecule has 0 unspecified atom stereocenters. The van der Waals surface area contributed by atoms with E-state index in [4.69, 9.17) is 16.3 Å². The van der Waals surface area contributed by atoms with Crippen LogP contribution in [0.3, 0.4) is 0 Å². The standard InChI is InChI=1S/C18H22ClFN4O2/c1-26-10-7-17-22-21-12-24(17)13-5-8-23(9-6-13)18(25)11-14-15(19)3-2-4-16(14)20/h2-4,12-13H,5-11H2,1H3. The van der Waals surface area contributed by atoms with E-state index in [9.17, 15) is 9.18 Å². The van der Waals surface area contributed by atoms with Crippen LogP contribution in [0.2, 0.25) is 5.02 Å². The van der Waals surface area contributed by atoms with E-state index in [1.165, 1.54) is 12.1 Å². The molecule has 26 heavy (non-hydrogen) atoms. The molecule has 1 saturated heterocycles. The van der Waals surface area contributed by atoms with Crippen LogP contribution >= 0.6 is 11.6 Å². The predicted octanol–water partition coefficient (Wildman–Crippen LogP) is 2.67. The molecule has 0 atom stereocenters. The number of piperidine rings is 1. The van der Waals surface area contributed by atoms with Gasteiger partial charge in [-0.1, -0.05) is 17.7 Å². The molecule has 0 bridgehead atoms. The summed E-state index contributed by atoms with van der Waals surface area (Å²) in [5, 5.41) is 8.45. The third-order valence-corrected chi connectivity index (χ3v) is 5.13. The Bertz CT molecular complexity index is 739. The number of likely N-dealkylation sites (tertiary alicyclic amines) is 1. The molecule has 2 heterocycles. The molecule has 0 N–H and O–H groups in total. The number of methoxy groups -OCH3 is 1. The maximum atomic E-state index is 13.9. The number of carbonyl (C=O) groups excluding carboxylic acids is 1. The van der Waals surface area contributed by atoms with Crippen LogP contribution < -0.4 is 0 Å². The molecule has 0 saturated carbocycles. The van der Waals surface area contributed by atoms with Crippen molar-refractivity contribution in [2.24, 2.45) is 0 Å². The number of halogens is 2. The van der Waals surface area contributed by atoms with Crippen molar-refractivity contribution < 1.29 is 13.9 Å². The summed E-state index contributed by atoms with van der Waals surface area (Å²) < 4.78 is 21.1. The van der Waals surface area contributed by atoms with Gasteiger partial charge in [0, 0.05) is 43.2 Å². The minimum Gasteiger partial charge on any atom is -0.384 e. The molecule has 2 aromatic rings. The smallest absolute Gasteiger partial charge is 0.227 e. The molecule has 0 aliphatic carbocycles. The molecule has 0 radical (unpaired) electrons. The van der Waals surface area contributed by atoms with Gasteiger partial charge >= 0.3 is 0 Å². The zero-order valence-electron chi connectivity index (χ0n) is 14.7. The van der Waals surface area contributed by atoms with Crippen LogP contribution in [0.15, 0.2) is 24.5 Å². The monoisotopic (exact) mass is 380 g/mol. The number of carbonyl (C=O) groups is 1. The van der Waals surface area contributed by atoms with Gasteiger partial charge in [-0.3, -0.25) is 4.79 Å². The fraction of sp³-hybridized carbons (Fsp3) is 0.500. The first-order valence-electron chi connectivity index (χ1n) is 8.68. The van der Waals surface area contributed by atoms with Crippen LogP contribution in [0.5, 0.6) is 0 Å². The van der Waals surface area contributed by atoms with Crippen LogP contribution in [-0.4, -0.2) is 52.4 Å². The molecule has 0 spiro atoms. The Balaban J connectivity index is 1.58. The summed E-state index contributed by atoms with van der Waals surface area (Å²) >= 11 is 6.02. The Hall–Kier alpha value is -1.99.